The van der Waals surface area contributed by atoms with Crippen LogP contribution in [0.5, 0.6) is 0 Å². The molecule has 0 aliphatic heterocycles. The third-order valence-electron chi connectivity index (χ3n) is 4.29. The number of halogens is 1. The van der Waals surface area contributed by atoms with Gasteiger partial charge in [-0.2, -0.15) is 5.10 Å². The van der Waals surface area contributed by atoms with Gasteiger partial charge >= 0.3 is 6.09 Å². The number of hydrazone groups is 1. The Labute approximate surface area is 188 Å². The van der Waals surface area contributed by atoms with Gasteiger partial charge in [0.1, 0.15) is 17.6 Å². The maximum atomic E-state index is 12.6. The van der Waals surface area contributed by atoms with Crippen LogP contribution in [0.3, 0.4) is 0 Å². The Balaban J connectivity index is 1.63. The van der Waals surface area contributed by atoms with Crippen LogP contribution >= 0.6 is 15.9 Å². The lowest BCUT2D eigenvalue weighted by Gasteiger charge is -2.16. The molecule has 2 aromatic carbocycles. The first-order valence-electron chi connectivity index (χ1n) is 9.71. The van der Waals surface area contributed by atoms with Gasteiger partial charge in [-0.25, -0.2) is 10.2 Å². The molecule has 0 spiro atoms. The zero-order valence-corrected chi connectivity index (χ0v) is 18.5. The molecule has 0 unspecified atom stereocenters. The van der Waals surface area contributed by atoms with Crippen LogP contribution in [0.4, 0.5) is 4.79 Å². The van der Waals surface area contributed by atoms with Crippen LogP contribution < -0.4 is 10.7 Å². The lowest BCUT2D eigenvalue weighted by Crippen LogP contribution is -2.47. The number of carbonyl (C=O) groups excluding carboxylic acids is 2. The summed E-state index contributed by atoms with van der Waals surface area (Å²) in [5.74, 6) is 0.704. The molecule has 0 aliphatic rings. The fourth-order valence-corrected chi connectivity index (χ4v) is 3.07. The topological polar surface area (TPSA) is 92.9 Å². The van der Waals surface area contributed by atoms with Crippen molar-refractivity contribution < 1.29 is 18.7 Å². The van der Waals surface area contributed by atoms with Crippen molar-refractivity contribution in [2.24, 2.45) is 5.10 Å². The summed E-state index contributed by atoms with van der Waals surface area (Å²) in [7, 11) is 0. The van der Waals surface area contributed by atoms with E-state index in [1.165, 1.54) is 6.21 Å². The Morgan fingerprint density at radius 2 is 1.84 bits per heavy atom. The molecule has 0 saturated heterocycles. The molecule has 0 radical (unpaired) electrons. The molecule has 1 heterocycles. The second kappa shape index (κ2) is 11.1. The molecule has 8 heteroatoms. The lowest BCUT2D eigenvalue weighted by molar-refractivity contribution is -0.123. The lowest BCUT2D eigenvalue weighted by atomic mass is 10.1. The van der Waals surface area contributed by atoms with E-state index in [1.807, 2.05) is 60.7 Å². The highest BCUT2D eigenvalue weighted by Crippen LogP contribution is 2.23. The van der Waals surface area contributed by atoms with Gasteiger partial charge in [0.2, 0.25) is 0 Å². The Kier molecular flexibility index (Phi) is 8.00. The Bertz CT molecular complexity index is 1030. The summed E-state index contributed by atoms with van der Waals surface area (Å²) in [6.07, 6.45) is 1.05. The van der Waals surface area contributed by atoms with E-state index in [-0.39, 0.29) is 6.61 Å². The summed E-state index contributed by atoms with van der Waals surface area (Å²) >= 11 is 3.40. The van der Waals surface area contributed by atoms with Gasteiger partial charge in [0.05, 0.1) is 12.8 Å². The summed E-state index contributed by atoms with van der Waals surface area (Å²) in [5, 5.41) is 6.53. The molecule has 0 fully saturated rings. The molecule has 3 aromatic rings. The van der Waals surface area contributed by atoms with E-state index in [9.17, 15) is 9.59 Å². The van der Waals surface area contributed by atoms with Crippen molar-refractivity contribution in [1.29, 1.82) is 0 Å². The van der Waals surface area contributed by atoms with Gasteiger partial charge < -0.3 is 14.5 Å². The van der Waals surface area contributed by atoms with Crippen LogP contribution in [-0.4, -0.2) is 30.9 Å². The second-order valence-corrected chi connectivity index (χ2v) is 7.47. The third-order valence-corrected chi connectivity index (χ3v) is 4.82. The maximum Gasteiger partial charge on any atom is 0.407 e. The average molecular weight is 484 g/mol. The number of benzene rings is 2. The van der Waals surface area contributed by atoms with Crippen molar-refractivity contribution in [3.63, 3.8) is 0 Å². The van der Waals surface area contributed by atoms with Crippen LogP contribution in [0.25, 0.3) is 11.3 Å². The molecular formula is C23H22BrN3O4. The highest BCUT2D eigenvalue weighted by atomic mass is 79.9. The predicted molar refractivity (Wildman–Crippen MR) is 122 cm³/mol. The van der Waals surface area contributed by atoms with E-state index in [1.54, 1.807) is 13.0 Å². The molecule has 2 amide bonds. The second-order valence-electron chi connectivity index (χ2n) is 6.55. The molecule has 0 aliphatic carbocycles. The molecule has 2 N–H and O–H groups in total. The minimum Gasteiger partial charge on any atom is -0.455 e. The molecular weight excluding hydrogens is 462 g/mol. The number of rotatable bonds is 8. The monoisotopic (exact) mass is 483 g/mol. The van der Waals surface area contributed by atoms with Gasteiger partial charge in [-0.15, -0.1) is 0 Å². The van der Waals surface area contributed by atoms with Crippen molar-refractivity contribution in [2.75, 3.05) is 6.61 Å². The fraction of sp³-hybridized carbons (Fsp3) is 0.174. The standard InChI is InChI=1S/C23H22BrN3O4/c1-2-30-23(29)26-20(14-16-6-4-3-5-7-16)22(28)27-25-15-19-12-13-21(31-19)17-8-10-18(24)11-9-17/h3-13,15,20H,2,14H2,1H3,(H,26,29)(H,27,28)/b25-15-/t20-/m1/s1. The summed E-state index contributed by atoms with van der Waals surface area (Å²) in [6, 6.07) is 19.8. The number of alkyl carbamates (subject to hydrolysis) is 1. The van der Waals surface area contributed by atoms with Crippen LogP contribution in [0.1, 0.15) is 18.2 Å². The number of nitrogens with one attached hydrogen (secondary N) is 2. The van der Waals surface area contributed by atoms with E-state index in [0.717, 1.165) is 15.6 Å². The molecule has 7 nitrogen and oxygen atoms in total. The first kappa shape index (κ1) is 22.3. The zero-order valence-electron chi connectivity index (χ0n) is 16.9. The Morgan fingerprint density at radius 1 is 1.10 bits per heavy atom. The van der Waals surface area contributed by atoms with E-state index in [4.69, 9.17) is 9.15 Å². The first-order chi connectivity index (χ1) is 15.0. The van der Waals surface area contributed by atoms with E-state index >= 15 is 0 Å². The van der Waals surface area contributed by atoms with Gasteiger partial charge in [-0.05, 0) is 36.8 Å². The fourth-order valence-electron chi connectivity index (χ4n) is 2.80. The number of furan rings is 1. The van der Waals surface area contributed by atoms with Crippen LogP contribution in [-0.2, 0) is 16.0 Å². The number of ether oxygens (including phenoxy) is 1. The number of hydrogen-bond donors (Lipinski definition) is 2. The van der Waals surface area contributed by atoms with Crippen LogP contribution in [0, 0.1) is 0 Å². The average Bonchev–Trinajstić information content (AvgIpc) is 3.23. The van der Waals surface area contributed by atoms with Crippen LogP contribution in [0.15, 0.2) is 80.7 Å². The van der Waals surface area contributed by atoms with Crippen molar-refractivity contribution in [2.45, 2.75) is 19.4 Å². The number of carbonyl (C=O) groups is 2. The minimum atomic E-state index is -0.839. The van der Waals surface area contributed by atoms with E-state index in [0.29, 0.717) is 17.9 Å². The molecule has 3 rings (SSSR count). The normalized spacial score (nSPS) is 11.8. The molecule has 0 bridgehead atoms. The summed E-state index contributed by atoms with van der Waals surface area (Å²) in [4.78, 5) is 24.4. The number of hydrogen-bond acceptors (Lipinski definition) is 5. The highest BCUT2D eigenvalue weighted by Gasteiger charge is 2.21. The zero-order chi connectivity index (χ0) is 22.1. The molecule has 160 valence electrons. The van der Waals surface area contributed by atoms with E-state index < -0.39 is 18.0 Å². The van der Waals surface area contributed by atoms with Crippen molar-refractivity contribution in [3.05, 3.63) is 82.5 Å². The van der Waals surface area contributed by atoms with E-state index in [2.05, 4.69) is 31.8 Å². The summed E-state index contributed by atoms with van der Waals surface area (Å²) in [5.41, 5.74) is 4.27. The van der Waals surface area contributed by atoms with Gasteiger partial charge in [-0.1, -0.05) is 58.4 Å². The Morgan fingerprint density at radius 3 is 2.55 bits per heavy atom. The Hall–Kier alpha value is -3.39. The van der Waals surface area contributed by atoms with Crippen molar-refractivity contribution in [3.8, 4) is 11.3 Å². The smallest absolute Gasteiger partial charge is 0.407 e. The van der Waals surface area contributed by atoms with Gasteiger partial charge in [0, 0.05) is 16.5 Å². The summed E-state index contributed by atoms with van der Waals surface area (Å²) in [6.45, 7) is 1.91. The molecule has 31 heavy (non-hydrogen) atoms. The summed E-state index contributed by atoms with van der Waals surface area (Å²) < 4.78 is 11.6. The quantitative estimate of drug-likeness (QED) is 0.363. The first-order valence-corrected chi connectivity index (χ1v) is 10.5. The largest absolute Gasteiger partial charge is 0.455 e. The van der Waals surface area contributed by atoms with Gasteiger partial charge in [0.15, 0.2) is 0 Å². The highest BCUT2D eigenvalue weighted by molar-refractivity contribution is 9.10. The molecule has 0 saturated carbocycles. The minimum absolute atomic E-state index is 0.211. The van der Waals surface area contributed by atoms with Crippen molar-refractivity contribution in [1.82, 2.24) is 10.7 Å². The SMILES string of the molecule is CCOC(=O)N[C@H](Cc1ccccc1)C(=O)N/N=C\c1ccc(-c2ccc(Br)cc2)o1. The molecule has 1 atom stereocenters. The predicted octanol–water partition coefficient (Wildman–Crippen LogP) is 4.52. The maximum absolute atomic E-state index is 12.6. The number of amides is 2. The van der Waals surface area contributed by atoms with Gasteiger partial charge in [-0.3, -0.25) is 4.79 Å². The number of nitrogens with zero attached hydrogens (tertiary/aromatic N) is 1. The third kappa shape index (κ3) is 6.82. The van der Waals surface area contributed by atoms with Crippen LogP contribution in [0.2, 0.25) is 0 Å². The van der Waals surface area contributed by atoms with Gasteiger partial charge in [0.25, 0.3) is 5.91 Å². The van der Waals surface area contributed by atoms with Crippen molar-refractivity contribution >= 4 is 34.1 Å². The molecule has 1 aromatic heterocycles.